The van der Waals surface area contributed by atoms with E-state index in [9.17, 15) is 0 Å². The van der Waals surface area contributed by atoms with Gasteiger partial charge in [-0.2, -0.15) is 0 Å². The third kappa shape index (κ3) is 11.4. The van der Waals surface area contributed by atoms with E-state index in [1.165, 1.54) is 0 Å². The number of ether oxygens (including phenoxy) is 2. The first kappa shape index (κ1) is 16.1. The zero-order valence-electron chi connectivity index (χ0n) is 11.0. The summed E-state index contributed by atoms with van der Waals surface area (Å²) in [6.45, 7) is 5.70. The third-order valence-corrected chi connectivity index (χ3v) is 2.11. The second-order valence-corrected chi connectivity index (χ2v) is 3.61. The maximum absolute atomic E-state index is 5.34. The average molecular weight is 246 g/mol. The SMILES string of the molecule is CCCCNC(=NCCCOCCOC)NN. The minimum Gasteiger partial charge on any atom is -0.382 e. The van der Waals surface area contributed by atoms with Crippen molar-refractivity contribution in [2.45, 2.75) is 26.2 Å². The highest BCUT2D eigenvalue weighted by molar-refractivity contribution is 5.79. The number of hydrogen-bond acceptors (Lipinski definition) is 4. The van der Waals surface area contributed by atoms with Crippen LogP contribution in [0.5, 0.6) is 0 Å². The molecule has 0 fully saturated rings. The van der Waals surface area contributed by atoms with Gasteiger partial charge in [-0.05, 0) is 12.8 Å². The molecule has 102 valence electrons. The number of unbranched alkanes of at least 4 members (excludes halogenated alkanes) is 1. The van der Waals surface area contributed by atoms with Gasteiger partial charge in [0, 0.05) is 26.8 Å². The predicted molar refractivity (Wildman–Crippen MR) is 69.8 cm³/mol. The molecule has 4 N–H and O–H groups in total. The second-order valence-electron chi connectivity index (χ2n) is 3.61. The number of nitrogens with two attached hydrogens (primary N) is 1. The summed E-state index contributed by atoms with van der Waals surface area (Å²) in [5.41, 5.74) is 2.55. The van der Waals surface area contributed by atoms with Gasteiger partial charge >= 0.3 is 0 Å². The van der Waals surface area contributed by atoms with Crippen LogP contribution in [-0.2, 0) is 9.47 Å². The van der Waals surface area contributed by atoms with Crippen LogP contribution in [0.2, 0.25) is 0 Å². The number of nitrogens with zero attached hydrogens (tertiary/aromatic N) is 1. The maximum atomic E-state index is 5.34. The summed E-state index contributed by atoms with van der Waals surface area (Å²) in [4.78, 5) is 4.29. The topological polar surface area (TPSA) is 80.9 Å². The van der Waals surface area contributed by atoms with E-state index in [2.05, 4.69) is 22.7 Å². The molecule has 0 saturated heterocycles. The number of nitrogens with one attached hydrogen (secondary N) is 2. The molecule has 0 aliphatic carbocycles. The van der Waals surface area contributed by atoms with Crippen LogP contribution in [0.1, 0.15) is 26.2 Å². The molecule has 0 unspecified atom stereocenters. The molecule has 0 rings (SSSR count). The number of guanidine groups is 1. The Bertz CT molecular complexity index is 188. The Kier molecular flexibility index (Phi) is 12.6. The van der Waals surface area contributed by atoms with Crippen LogP contribution in [0.3, 0.4) is 0 Å². The Hall–Kier alpha value is -0.850. The van der Waals surface area contributed by atoms with Crippen LogP contribution in [0, 0.1) is 0 Å². The van der Waals surface area contributed by atoms with Crippen molar-refractivity contribution >= 4 is 5.96 Å². The quantitative estimate of drug-likeness (QED) is 0.169. The molecule has 0 heterocycles. The van der Waals surface area contributed by atoms with Gasteiger partial charge in [0.2, 0.25) is 5.96 Å². The highest BCUT2D eigenvalue weighted by atomic mass is 16.5. The van der Waals surface area contributed by atoms with Crippen molar-refractivity contribution in [3.8, 4) is 0 Å². The number of aliphatic imine (C=N–C) groups is 1. The monoisotopic (exact) mass is 246 g/mol. The zero-order valence-corrected chi connectivity index (χ0v) is 11.0. The van der Waals surface area contributed by atoms with Crippen LogP contribution in [0.25, 0.3) is 0 Å². The van der Waals surface area contributed by atoms with Gasteiger partial charge in [-0.3, -0.25) is 10.4 Å². The number of hydrogen-bond donors (Lipinski definition) is 3. The minimum absolute atomic E-state index is 0.636. The summed E-state index contributed by atoms with van der Waals surface area (Å²) >= 11 is 0. The highest BCUT2D eigenvalue weighted by Crippen LogP contribution is 1.86. The fourth-order valence-corrected chi connectivity index (χ4v) is 1.14. The van der Waals surface area contributed by atoms with Crippen LogP contribution < -0.4 is 16.6 Å². The fourth-order valence-electron chi connectivity index (χ4n) is 1.14. The Morgan fingerprint density at radius 2 is 2.06 bits per heavy atom. The van der Waals surface area contributed by atoms with E-state index in [1.54, 1.807) is 7.11 Å². The van der Waals surface area contributed by atoms with Crippen molar-refractivity contribution in [1.82, 2.24) is 10.7 Å². The fraction of sp³-hybridized carbons (Fsp3) is 0.909. The van der Waals surface area contributed by atoms with E-state index in [4.69, 9.17) is 15.3 Å². The van der Waals surface area contributed by atoms with E-state index < -0.39 is 0 Å². The predicted octanol–water partition coefficient (Wildman–Crippen LogP) is 0.249. The van der Waals surface area contributed by atoms with Gasteiger partial charge in [0.1, 0.15) is 0 Å². The van der Waals surface area contributed by atoms with Gasteiger partial charge in [-0.1, -0.05) is 13.3 Å². The Morgan fingerprint density at radius 1 is 1.24 bits per heavy atom. The van der Waals surface area contributed by atoms with Gasteiger partial charge in [0.05, 0.1) is 13.2 Å². The minimum atomic E-state index is 0.636. The molecule has 0 bridgehead atoms. The molecule has 0 spiro atoms. The molecular formula is C11H26N4O2. The first-order valence-corrected chi connectivity index (χ1v) is 6.16. The van der Waals surface area contributed by atoms with Crippen molar-refractivity contribution in [3.63, 3.8) is 0 Å². The first-order valence-electron chi connectivity index (χ1n) is 6.16. The van der Waals surface area contributed by atoms with Crippen molar-refractivity contribution in [1.29, 1.82) is 0 Å². The van der Waals surface area contributed by atoms with Crippen molar-refractivity contribution < 1.29 is 9.47 Å². The lowest BCUT2D eigenvalue weighted by molar-refractivity contribution is 0.0702. The van der Waals surface area contributed by atoms with Gasteiger partial charge in [0.15, 0.2) is 0 Å². The number of methoxy groups -OCH3 is 1. The molecule has 6 nitrogen and oxygen atoms in total. The van der Waals surface area contributed by atoms with Gasteiger partial charge in [-0.15, -0.1) is 0 Å². The molecule has 17 heavy (non-hydrogen) atoms. The first-order chi connectivity index (χ1) is 8.35. The highest BCUT2D eigenvalue weighted by Gasteiger charge is 1.94. The van der Waals surface area contributed by atoms with E-state index >= 15 is 0 Å². The van der Waals surface area contributed by atoms with E-state index in [1.807, 2.05) is 0 Å². The molecule has 6 heteroatoms. The molecule has 0 aliphatic heterocycles. The van der Waals surface area contributed by atoms with Crippen molar-refractivity contribution in [3.05, 3.63) is 0 Å². The van der Waals surface area contributed by atoms with Crippen LogP contribution in [-0.4, -0.2) is 46.0 Å². The van der Waals surface area contributed by atoms with E-state index in [-0.39, 0.29) is 0 Å². The summed E-state index contributed by atoms with van der Waals surface area (Å²) in [7, 11) is 1.66. The summed E-state index contributed by atoms with van der Waals surface area (Å²) in [5.74, 6) is 5.99. The molecule has 0 aromatic rings. The molecule has 0 saturated carbocycles. The van der Waals surface area contributed by atoms with Crippen LogP contribution in [0.15, 0.2) is 4.99 Å². The summed E-state index contributed by atoms with van der Waals surface area (Å²) in [6, 6.07) is 0. The summed E-state index contributed by atoms with van der Waals surface area (Å²) in [5, 5.41) is 3.13. The normalized spacial score (nSPS) is 11.6. The zero-order chi connectivity index (χ0) is 12.8. The molecule has 0 aromatic carbocycles. The van der Waals surface area contributed by atoms with Crippen molar-refractivity contribution in [2.75, 3.05) is 40.0 Å². The van der Waals surface area contributed by atoms with E-state index in [0.29, 0.717) is 32.3 Å². The van der Waals surface area contributed by atoms with E-state index in [0.717, 1.165) is 25.8 Å². The molecular weight excluding hydrogens is 220 g/mol. The third-order valence-electron chi connectivity index (χ3n) is 2.11. The standard InChI is InChI=1S/C11H26N4O2/c1-3-4-6-13-11(15-12)14-7-5-8-17-10-9-16-2/h3-10,12H2,1-2H3,(H2,13,14,15). The van der Waals surface area contributed by atoms with Crippen molar-refractivity contribution in [2.24, 2.45) is 10.8 Å². The Morgan fingerprint density at radius 3 is 2.71 bits per heavy atom. The summed E-state index contributed by atoms with van der Waals surface area (Å²) < 4.78 is 10.2. The maximum Gasteiger partial charge on any atom is 0.205 e. The smallest absolute Gasteiger partial charge is 0.205 e. The molecule has 0 amide bonds. The largest absolute Gasteiger partial charge is 0.382 e. The Balaban J connectivity index is 3.44. The van der Waals surface area contributed by atoms with Gasteiger partial charge in [0.25, 0.3) is 0 Å². The number of rotatable bonds is 10. The van der Waals surface area contributed by atoms with Gasteiger partial charge in [-0.25, -0.2) is 5.84 Å². The molecule has 0 radical (unpaired) electrons. The van der Waals surface area contributed by atoms with Crippen LogP contribution in [0.4, 0.5) is 0 Å². The summed E-state index contributed by atoms with van der Waals surface area (Å²) in [6.07, 6.45) is 3.14. The Labute approximate surface area is 104 Å². The van der Waals surface area contributed by atoms with Crippen LogP contribution >= 0.6 is 0 Å². The lowest BCUT2D eigenvalue weighted by atomic mass is 10.3. The molecule has 0 atom stereocenters. The molecule has 0 aromatic heterocycles. The lowest BCUT2D eigenvalue weighted by Gasteiger charge is -2.08. The molecule has 0 aliphatic rings. The lowest BCUT2D eigenvalue weighted by Crippen LogP contribution is -2.42. The number of hydrazine groups is 1. The average Bonchev–Trinajstić information content (AvgIpc) is 2.35. The second kappa shape index (κ2) is 13.2. The van der Waals surface area contributed by atoms with Gasteiger partial charge < -0.3 is 14.8 Å².